The predicted molar refractivity (Wildman–Crippen MR) is 105 cm³/mol. The van der Waals surface area contributed by atoms with Crippen LogP contribution in [0.5, 0.6) is 5.75 Å². The van der Waals surface area contributed by atoms with E-state index in [1.807, 2.05) is 27.7 Å². The Kier molecular flexibility index (Phi) is 4.75. The highest BCUT2D eigenvalue weighted by atomic mass is 19.1. The molecule has 2 fully saturated rings. The highest BCUT2D eigenvalue weighted by Gasteiger charge is 2.51. The molecule has 0 spiro atoms. The van der Waals surface area contributed by atoms with Gasteiger partial charge in [-0.3, -0.25) is 0 Å². The molecular formula is C22H25BF2O3. The molecule has 1 saturated heterocycles. The SMILES string of the molecule is CC1(C)OB(c2ccc(OC(c3ccc(F)cc3)C3CC3)c(F)c2)OC1(C)C. The second kappa shape index (κ2) is 6.85. The lowest BCUT2D eigenvalue weighted by molar-refractivity contribution is 0.00578. The van der Waals surface area contributed by atoms with E-state index < -0.39 is 24.1 Å². The van der Waals surface area contributed by atoms with E-state index in [1.165, 1.54) is 18.2 Å². The zero-order valence-electron chi connectivity index (χ0n) is 16.7. The Morgan fingerprint density at radius 3 is 2.11 bits per heavy atom. The minimum Gasteiger partial charge on any atom is -0.482 e. The summed E-state index contributed by atoms with van der Waals surface area (Å²) in [6, 6.07) is 11.0. The fourth-order valence-electron chi connectivity index (χ4n) is 3.36. The summed E-state index contributed by atoms with van der Waals surface area (Å²) in [4.78, 5) is 0. The third-order valence-corrected chi connectivity index (χ3v) is 5.98. The molecule has 1 unspecified atom stereocenters. The first-order chi connectivity index (χ1) is 13.2. The van der Waals surface area contributed by atoms with Crippen molar-refractivity contribution in [1.29, 1.82) is 0 Å². The Balaban J connectivity index is 1.54. The molecule has 1 aliphatic carbocycles. The summed E-state index contributed by atoms with van der Waals surface area (Å²) in [5.41, 5.74) is 0.512. The summed E-state index contributed by atoms with van der Waals surface area (Å²) in [6.07, 6.45) is 1.77. The molecule has 6 heteroatoms. The quantitative estimate of drug-likeness (QED) is 0.692. The molecule has 1 heterocycles. The van der Waals surface area contributed by atoms with Crippen molar-refractivity contribution in [2.24, 2.45) is 5.92 Å². The summed E-state index contributed by atoms with van der Waals surface area (Å²) < 4.78 is 46.0. The molecule has 2 aromatic carbocycles. The molecule has 0 radical (unpaired) electrons. The van der Waals surface area contributed by atoms with E-state index in [-0.39, 0.29) is 17.7 Å². The molecule has 148 valence electrons. The summed E-state index contributed by atoms with van der Waals surface area (Å²) in [6.45, 7) is 7.85. The second-order valence-electron chi connectivity index (χ2n) is 8.71. The normalized spacial score (nSPS) is 21.6. The van der Waals surface area contributed by atoms with Crippen molar-refractivity contribution in [2.45, 2.75) is 57.8 Å². The van der Waals surface area contributed by atoms with Crippen LogP contribution in [0.3, 0.4) is 0 Å². The van der Waals surface area contributed by atoms with Gasteiger partial charge in [0.15, 0.2) is 11.6 Å². The van der Waals surface area contributed by atoms with Crippen LogP contribution in [0.25, 0.3) is 0 Å². The summed E-state index contributed by atoms with van der Waals surface area (Å²) in [7, 11) is -0.620. The van der Waals surface area contributed by atoms with Crippen LogP contribution >= 0.6 is 0 Å². The fourth-order valence-corrected chi connectivity index (χ4v) is 3.36. The molecule has 0 aromatic heterocycles. The van der Waals surface area contributed by atoms with Crippen molar-refractivity contribution in [3.8, 4) is 5.75 Å². The maximum Gasteiger partial charge on any atom is 0.494 e. The van der Waals surface area contributed by atoms with E-state index >= 15 is 0 Å². The highest BCUT2D eigenvalue weighted by Crippen LogP contribution is 2.44. The van der Waals surface area contributed by atoms with Gasteiger partial charge in [-0.25, -0.2) is 8.78 Å². The summed E-state index contributed by atoms with van der Waals surface area (Å²) >= 11 is 0. The average molecular weight is 386 g/mol. The number of benzene rings is 2. The van der Waals surface area contributed by atoms with Crippen LogP contribution < -0.4 is 10.2 Å². The number of rotatable bonds is 5. The molecule has 1 aliphatic heterocycles. The zero-order chi connectivity index (χ0) is 20.1. The van der Waals surface area contributed by atoms with Gasteiger partial charge in [-0.05, 0) is 75.8 Å². The third kappa shape index (κ3) is 3.68. The summed E-state index contributed by atoms with van der Waals surface area (Å²) in [5.74, 6) is -0.245. The van der Waals surface area contributed by atoms with Crippen molar-refractivity contribution in [1.82, 2.24) is 0 Å². The van der Waals surface area contributed by atoms with Gasteiger partial charge in [0.25, 0.3) is 0 Å². The molecule has 1 atom stereocenters. The molecule has 1 saturated carbocycles. The van der Waals surface area contributed by atoms with Crippen LogP contribution in [0.2, 0.25) is 0 Å². The topological polar surface area (TPSA) is 27.7 Å². The van der Waals surface area contributed by atoms with Crippen LogP contribution in [0, 0.1) is 17.6 Å². The number of halogens is 2. The first-order valence-corrected chi connectivity index (χ1v) is 9.73. The van der Waals surface area contributed by atoms with Gasteiger partial charge in [0, 0.05) is 5.92 Å². The Morgan fingerprint density at radius 1 is 0.964 bits per heavy atom. The van der Waals surface area contributed by atoms with Gasteiger partial charge in [0.1, 0.15) is 11.9 Å². The van der Waals surface area contributed by atoms with E-state index in [1.54, 1.807) is 24.3 Å². The van der Waals surface area contributed by atoms with E-state index in [9.17, 15) is 8.78 Å². The van der Waals surface area contributed by atoms with Crippen LogP contribution in [-0.2, 0) is 9.31 Å². The van der Waals surface area contributed by atoms with Crippen LogP contribution in [0.15, 0.2) is 42.5 Å². The largest absolute Gasteiger partial charge is 0.494 e. The standard InChI is InChI=1S/C22H25BF2O3/c1-21(2)22(3,4)28-23(27-21)16-9-12-19(18(25)13-16)26-20(14-5-6-14)15-7-10-17(24)11-8-15/h7-14,20H,5-6H2,1-4H3. The molecular weight excluding hydrogens is 361 g/mol. The number of hydrogen-bond donors (Lipinski definition) is 0. The molecule has 2 aromatic rings. The summed E-state index contributed by atoms with van der Waals surface area (Å²) in [5, 5.41) is 0. The second-order valence-corrected chi connectivity index (χ2v) is 8.71. The smallest absolute Gasteiger partial charge is 0.482 e. The first kappa shape index (κ1) is 19.4. The maximum atomic E-state index is 14.8. The lowest BCUT2D eigenvalue weighted by Gasteiger charge is -2.32. The van der Waals surface area contributed by atoms with Gasteiger partial charge in [-0.15, -0.1) is 0 Å². The minimum absolute atomic E-state index is 0.182. The Morgan fingerprint density at radius 2 is 1.57 bits per heavy atom. The Labute approximate surface area is 165 Å². The van der Waals surface area contributed by atoms with Crippen LogP contribution in [-0.4, -0.2) is 18.3 Å². The van der Waals surface area contributed by atoms with E-state index in [0.29, 0.717) is 11.4 Å². The first-order valence-electron chi connectivity index (χ1n) is 9.73. The van der Waals surface area contributed by atoms with E-state index in [4.69, 9.17) is 14.0 Å². The van der Waals surface area contributed by atoms with Crippen molar-refractivity contribution < 1.29 is 22.8 Å². The monoisotopic (exact) mass is 386 g/mol. The molecule has 0 amide bonds. The maximum absolute atomic E-state index is 14.8. The van der Waals surface area contributed by atoms with Gasteiger partial charge in [-0.1, -0.05) is 18.2 Å². The van der Waals surface area contributed by atoms with Gasteiger partial charge in [-0.2, -0.15) is 0 Å². The highest BCUT2D eigenvalue weighted by molar-refractivity contribution is 6.62. The molecule has 0 N–H and O–H groups in total. The van der Waals surface area contributed by atoms with Gasteiger partial charge in [0.2, 0.25) is 0 Å². The Hall–Kier alpha value is -1.92. The Bertz CT molecular complexity index is 847. The third-order valence-electron chi connectivity index (χ3n) is 5.98. The molecule has 0 bridgehead atoms. The lowest BCUT2D eigenvalue weighted by Crippen LogP contribution is -2.41. The van der Waals surface area contributed by atoms with Gasteiger partial charge < -0.3 is 14.0 Å². The van der Waals surface area contributed by atoms with E-state index in [0.717, 1.165) is 18.4 Å². The molecule has 3 nitrogen and oxygen atoms in total. The fraction of sp³-hybridized carbons (Fsp3) is 0.455. The number of ether oxygens (including phenoxy) is 1. The zero-order valence-corrected chi connectivity index (χ0v) is 16.7. The molecule has 4 rings (SSSR count). The van der Waals surface area contributed by atoms with Crippen molar-refractivity contribution >= 4 is 12.6 Å². The molecule has 2 aliphatic rings. The minimum atomic E-state index is -0.620. The molecule has 28 heavy (non-hydrogen) atoms. The van der Waals surface area contributed by atoms with E-state index in [2.05, 4.69) is 0 Å². The average Bonchev–Trinajstić information content (AvgIpc) is 3.42. The lowest BCUT2D eigenvalue weighted by atomic mass is 9.79. The van der Waals surface area contributed by atoms with Crippen molar-refractivity contribution in [3.63, 3.8) is 0 Å². The number of hydrogen-bond acceptors (Lipinski definition) is 3. The van der Waals surface area contributed by atoms with Crippen LogP contribution in [0.4, 0.5) is 8.78 Å². The van der Waals surface area contributed by atoms with Crippen molar-refractivity contribution in [2.75, 3.05) is 0 Å². The van der Waals surface area contributed by atoms with Gasteiger partial charge >= 0.3 is 7.12 Å². The van der Waals surface area contributed by atoms with Gasteiger partial charge in [0.05, 0.1) is 11.2 Å². The van der Waals surface area contributed by atoms with Crippen molar-refractivity contribution in [3.05, 3.63) is 59.7 Å². The predicted octanol–water partition coefficient (Wildman–Crippen LogP) is 4.79. The van der Waals surface area contributed by atoms with Crippen LogP contribution in [0.1, 0.15) is 52.2 Å².